The second kappa shape index (κ2) is 4.33. The van der Waals surface area contributed by atoms with E-state index in [2.05, 4.69) is 20.9 Å². The van der Waals surface area contributed by atoms with Crippen molar-refractivity contribution in [1.82, 2.24) is 4.98 Å². The van der Waals surface area contributed by atoms with Crippen LogP contribution in [0.3, 0.4) is 0 Å². The minimum atomic E-state index is -0.352. The fraction of sp³-hybridized carbons (Fsp3) is 0.0769. The standard InChI is InChI=1S/C13H8BrNO2S/c1-7-15-11(6-18-7)10-5-8-4-9(14)2-3-12(8)17-13(10)16/h2-6H,1H3. The lowest BCUT2D eigenvalue weighted by Crippen LogP contribution is -2.02. The molecule has 0 atom stereocenters. The summed E-state index contributed by atoms with van der Waals surface area (Å²) in [6, 6.07) is 7.36. The minimum absolute atomic E-state index is 0.352. The van der Waals surface area contributed by atoms with Gasteiger partial charge in [0.15, 0.2) is 0 Å². The monoisotopic (exact) mass is 321 g/mol. The summed E-state index contributed by atoms with van der Waals surface area (Å²) in [5, 5.41) is 3.68. The molecule has 1 aromatic carbocycles. The Morgan fingerprint density at radius 1 is 1.33 bits per heavy atom. The van der Waals surface area contributed by atoms with Gasteiger partial charge in [0.25, 0.3) is 0 Å². The SMILES string of the molecule is Cc1nc(-c2cc3cc(Br)ccc3oc2=O)cs1. The van der Waals surface area contributed by atoms with Gasteiger partial charge < -0.3 is 4.42 Å². The first-order chi connectivity index (χ1) is 8.63. The van der Waals surface area contributed by atoms with Gasteiger partial charge in [0.1, 0.15) is 5.58 Å². The third-order valence-corrected chi connectivity index (χ3v) is 3.86. The molecule has 0 N–H and O–H groups in total. The fourth-order valence-corrected chi connectivity index (χ4v) is 2.75. The van der Waals surface area contributed by atoms with Gasteiger partial charge in [-0.25, -0.2) is 9.78 Å². The molecule has 0 aliphatic rings. The zero-order valence-electron chi connectivity index (χ0n) is 9.44. The molecule has 0 spiro atoms. The van der Waals surface area contributed by atoms with Crippen LogP contribution < -0.4 is 5.63 Å². The van der Waals surface area contributed by atoms with Gasteiger partial charge in [-0.3, -0.25) is 0 Å². The van der Waals surface area contributed by atoms with E-state index in [0.717, 1.165) is 14.9 Å². The van der Waals surface area contributed by atoms with E-state index in [0.29, 0.717) is 16.8 Å². The lowest BCUT2D eigenvalue weighted by Gasteiger charge is -2.00. The summed E-state index contributed by atoms with van der Waals surface area (Å²) in [5.41, 5.74) is 1.41. The Kier molecular flexibility index (Phi) is 2.80. The summed E-state index contributed by atoms with van der Waals surface area (Å²) < 4.78 is 6.25. The van der Waals surface area contributed by atoms with Crippen LogP contribution >= 0.6 is 27.3 Å². The highest BCUT2D eigenvalue weighted by molar-refractivity contribution is 9.10. The number of fused-ring (bicyclic) bond motifs is 1. The Morgan fingerprint density at radius 3 is 2.89 bits per heavy atom. The highest BCUT2D eigenvalue weighted by atomic mass is 79.9. The quantitative estimate of drug-likeness (QED) is 0.636. The maximum atomic E-state index is 11.9. The van der Waals surface area contributed by atoms with E-state index in [1.807, 2.05) is 30.5 Å². The van der Waals surface area contributed by atoms with Gasteiger partial charge in [-0.2, -0.15) is 0 Å². The molecule has 3 rings (SSSR count). The fourth-order valence-electron chi connectivity index (χ4n) is 1.76. The number of benzene rings is 1. The molecule has 90 valence electrons. The molecule has 0 radical (unpaired) electrons. The number of rotatable bonds is 1. The van der Waals surface area contributed by atoms with E-state index in [4.69, 9.17) is 4.42 Å². The molecule has 0 saturated heterocycles. The minimum Gasteiger partial charge on any atom is -0.422 e. The molecule has 3 aromatic rings. The smallest absolute Gasteiger partial charge is 0.345 e. The molecular weight excluding hydrogens is 314 g/mol. The van der Waals surface area contributed by atoms with Crippen molar-refractivity contribution >= 4 is 38.2 Å². The molecule has 0 amide bonds. The largest absolute Gasteiger partial charge is 0.422 e. The average molecular weight is 322 g/mol. The van der Waals surface area contributed by atoms with E-state index in [1.165, 1.54) is 11.3 Å². The lowest BCUT2D eigenvalue weighted by molar-refractivity contribution is 0.563. The highest BCUT2D eigenvalue weighted by Gasteiger charge is 2.10. The molecule has 0 aliphatic heterocycles. The van der Waals surface area contributed by atoms with Gasteiger partial charge in [-0.05, 0) is 31.2 Å². The molecule has 18 heavy (non-hydrogen) atoms. The van der Waals surface area contributed by atoms with Crippen LogP contribution in [0.2, 0.25) is 0 Å². The van der Waals surface area contributed by atoms with E-state index in [1.54, 1.807) is 6.07 Å². The number of halogens is 1. The number of aromatic nitrogens is 1. The number of thiazole rings is 1. The molecule has 0 aliphatic carbocycles. The van der Waals surface area contributed by atoms with Crippen molar-refractivity contribution in [3.8, 4) is 11.3 Å². The summed E-state index contributed by atoms with van der Waals surface area (Å²) in [5.74, 6) is 0. The molecule has 0 unspecified atom stereocenters. The molecule has 2 aromatic heterocycles. The third-order valence-electron chi connectivity index (χ3n) is 2.59. The Labute approximate surface area is 115 Å². The van der Waals surface area contributed by atoms with Gasteiger partial charge in [-0.1, -0.05) is 15.9 Å². The van der Waals surface area contributed by atoms with E-state index in [-0.39, 0.29) is 5.63 Å². The summed E-state index contributed by atoms with van der Waals surface area (Å²) in [4.78, 5) is 16.2. The van der Waals surface area contributed by atoms with Crippen LogP contribution in [0.25, 0.3) is 22.2 Å². The zero-order chi connectivity index (χ0) is 12.7. The number of hydrogen-bond acceptors (Lipinski definition) is 4. The van der Waals surface area contributed by atoms with Crippen LogP contribution in [-0.4, -0.2) is 4.98 Å². The number of hydrogen-bond donors (Lipinski definition) is 0. The molecule has 3 nitrogen and oxygen atoms in total. The predicted octanol–water partition coefficient (Wildman–Crippen LogP) is 3.99. The predicted molar refractivity (Wildman–Crippen MR) is 76.0 cm³/mol. The molecule has 0 bridgehead atoms. The van der Waals surface area contributed by atoms with Crippen molar-refractivity contribution in [2.24, 2.45) is 0 Å². The Bertz CT molecular complexity index is 791. The van der Waals surface area contributed by atoms with Crippen LogP contribution in [0.5, 0.6) is 0 Å². The summed E-state index contributed by atoms with van der Waals surface area (Å²) >= 11 is 4.92. The second-order valence-electron chi connectivity index (χ2n) is 3.88. The van der Waals surface area contributed by atoms with Crippen LogP contribution in [0.4, 0.5) is 0 Å². The van der Waals surface area contributed by atoms with Gasteiger partial charge in [0, 0.05) is 15.2 Å². The first-order valence-corrected chi connectivity index (χ1v) is 6.97. The van der Waals surface area contributed by atoms with Gasteiger partial charge in [0.2, 0.25) is 0 Å². The van der Waals surface area contributed by atoms with E-state index >= 15 is 0 Å². The van der Waals surface area contributed by atoms with Crippen molar-refractivity contribution in [3.05, 3.63) is 49.5 Å². The average Bonchev–Trinajstić information content (AvgIpc) is 2.75. The first kappa shape index (κ1) is 11.6. The van der Waals surface area contributed by atoms with Crippen molar-refractivity contribution < 1.29 is 4.42 Å². The van der Waals surface area contributed by atoms with Crippen LogP contribution in [0.1, 0.15) is 5.01 Å². The van der Waals surface area contributed by atoms with Crippen LogP contribution in [0, 0.1) is 6.92 Å². The molecule has 0 saturated carbocycles. The van der Waals surface area contributed by atoms with Crippen molar-refractivity contribution in [1.29, 1.82) is 0 Å². The van der Waals surface area contributed by atoms with Crippen molar-refractivity contribution in [2.75, 3.05) is 0 Å². The molecule has 2 heterocycles. The summed E-state index contributed by atoms with van der Waals surface area (Å²) in [6.45, 7) is 1.91. The van der Waals surface area contributed by atoms with Crippen LogP contribution in [0.15, 0.2) is 43.3 Å². The molecule has 0 fully saturated rings. The molecular formula is C13H8BrNO2S. The Morgan fingerprint density at radius 2 is 2.17 bits per heavy atom. The number of nitrogens with zero attached hydrogens (tertiary/aromatic N) is 1. The zero-order valence-corrected chi connectivity index (χ0v) is 11.8. The normalized spacial score (nSPS) is 11.0. The maximum absolute atomic E-state index is 11.9. The highest BCUT2D eigenvalue weighted by Crippen LogP contribution is 2.24. The van der Waals surface area contributed by atoms with E-state index in [9.17, 15) is 4.79 Å². The van der Waals surface area contributed by atoms with Gasteiger partial charge in [-0.15, -0.1) is 11.3 Å². The van der Waals surface area contributed by atoms with Crippen molar-refractivity contribution in [2.45, 2.75) is 6.92 Å². The summed E-state index contributed by atoms with van der Waals surface area (Å²) in [7, 11) is 0. The second-order valence-corrected chi connectivity index (χ2v) is 5.86. The Hall–Kier alpha value is -1.46. The van der Waals surface area contributed by atoms with Gasteiger partial charge >= 0.3 is 5.63 Å². The topological polar surface area (TPSA) is 43.1 Å². The first-order valence-electron chi connectivity index (χ1n) is 5.29. The number of aryl methyl sites for hydroxylation is 1. The molecule has 5 heteroatoms. The van der Waals surface area contributed by atoms with Gasteiger partial charge in [0.05, 0.1) is 16.3 Å². The van der Waals surface area contributed by atoms with E-state index < -0.39 is 0 Å². The third kappa shape index (κ3) is 2.00. The lowest BCUT2D eigenvalue weighted by atomic mass is 10.1. The van der Waals surface area contributed by atoms with Crippen molar-refractivity contribution in [3.63, 3.8) is 0 Å². The maximum Gasteiger partial charge on any atom is 0.345 e. The Balaban J connectivity index is 2.29. The summed E-state index contributed by atoms with van der Waals surface area (Å²) in [6.07, 6.45) is 0. The van der Waals surface area contributed by atoms with Crippen LogP contribution in [-0.2, 0) is 0 Å².